The van der Waals surface area contributed by atoms with E-state index in [4.69, 9.17) is 0 Å². The molecule has 2 N–H and O–H groups in total. The molecule has 0 radical (unpaired) electrons. The molecule has 3 aliphatic rings. The van der Waals surface area contributed by atoms with Gasteiger partial charge in [-0.15, -0.1) is 0 Å². The fourth-order valence-corrected chi connectivity index (χ4v) is 5.85. The van der Waals surface area contributed by atoms with Crippen LogP contribution in [0.2, 0.25) is 0 Å². The second-order valence-corrected chi connectivity index (χ2v) is 8.18. The lowest BCUT2D eigenvalue weighted by Crippen LogP contribution is -2.48. The molecule has 0 spiro atoms. The number of hydrogen-bond acceptors (Lipinski definition) is 4. The van der Waals surface area contributed by atoms with Gasteiger partial charge in [0.05, 0.1) is 0 Å². The minimum atomic E-state index is -0.0529. The number of amidine groups is 1. The minimum Gasteiger partial charge on any atom is -0.315 e. The van der Waals surface area contributed by atoms with Gasteiger partial charge in [-0.2, -0.15) is 0 Å². The van der Waals surface area contributed by atoms with Crippen LogP contribution in [0.1, 0.15) is 36.0 Å². The van der Waals surface area contributed by atoms with Gasteiger partial charge in [0.25, 0.3) is 5.91 Å². The van der Waals surface area contributed by atoms with Crippen molar-refractivity contribution < 1.29 is 4.79 Å². The largest absolute Gasteiger partial charge is 0.315 e. The van der Waals surface area contributed by atoms with E-state index < -0.39 is 0 Å². The van der Waals surface area contributed by atoms with Crippen LogP contribution in [0.25, 0.3) is 0 Å². The summed E-state index contributed by atoms with van der Waals surface area (Å²) in [6, 6.07) is 9.39. The van der Waals surface area contributed by atoms with Crippen molar-refractivity contribution in [2.75, 3.05) is 19.6 Å². The molecule has 23 heavy (non-hydrogen) atoms. The third-order valence-electron chi connectivity index (χ3n) is 5.53. The van der Waals surface area contributed by atoms with Crippen molar-refractivity contribution in [2.24, 2.45) is 16.8 Å². The first kappa shape index (κ1) is 15.2. The number of thioether (sulfide) groups is 1. The lowest BCUT2D eigenvalue weighted by atomic mass is 9.81. The Morgan fingerprint density at radius 1 is 1.22 bits per heavy atom. The summed E-state index contributed by atoms with van der Waals surface area (Å²) in [6.07, 6.45) is 5.35. The third kappa shape index (κ3) is 2.81. The molecule has 1 aromatic rings. The highest BCUT2D eigenvalue weighted by molar-refractivity contribution is 8.15. The highest BCUT2D eigenvalue weighted by atomic mass is 32.2. The van der Waals surface area contributed by atoms with Crippen molar-refractivity contribution in [3.05, 3.63) is 35.9 Å². The number of carbonyl (C=O) groups is 1. The topological polar surface area (TPSA) is 53.5 Å². The SMILES string of the molecule is O=C(NC1=NC[C@H]2CNC[C@]2(C2CCCC2)S1)c1ccccc1. The summed E-state index contributed by atoms with van der Waals surface area (Å²) in [5, 5.41) is 7.43. The highest BCUT2D eigenvalue weighted by Gasteiger charge is 2.52. The predicted octanol–water partition coefficient (Wildman–Crippen LogP) is 2.67. The molecular formula is C18H23N3OS. The molecule has 2 heterocycles. The number of carbonyl (C=O) groups excluding carboxylic acids is 1. The molecule has 1 aromatic carbocycles. The Morgan fingerprint density at radius 2 is 2.00 bits per heavy atom. The van der Waals surface area contributed by atoms with Gasteiger partial charge in [0.2, 0.25) is 0 Å². The average molecular weight is 329 g/mol. The van der Waals surface area contributed by atoms with E-state index in [9.17, 15) is 4.79 Å². The van der Waals surface area contributed by atoms with E-state index in [1.165, 1.54) is 25.7 Å². The first-order valence-electron chi connectivity index (χ1n) is 8.58. The van der Waals surface area contributed by atoms with Crippen molar-refractivity contribution in [3.63, 3.8) is 0 Å². The van der Waals surface area contributed by atoms with E-state index in [1.807, 2.05) is 42.1 Å². The van der Waals surface area contributed by atoms with Gasteiger partial charge in [0.15, 0.2) is 5.17 Å². The molecule has 4 rings (SSSR count). The number of amides is 1. The zero-order valence-corrected chi connectivity index (χ0v) is 14.1. The van der Waals surface area contributed by atoms with Gasteiger partial charge in [-0.3, -0.25) is 9.79 Å². The lowest BCUT2D eigenvalue weighted by Gasteiger charge is -2.41. The maximum absolute atomic E-state index is 12.4. The zero-order valence-electron chi connectivity index (χ0n) is 13.3. The molecule has 1 aliphatic carbocycles. The lowest BCUT2D eigenvalue weighted by molar-refractivity contribution is 0.0977. The fourth-order valence-electron chi connectivity index (χ4n) is 4.30. The van der Waals surface area contributed by atoms with Gasteiger partial charge in [-0.25, -0.2) is 0 Å². The van der Waals surface area contributed by atoms with Crippen LogP contribution in [0.3, 0.4) is 0 Å². The standard InChI is InChI=1S/C18H23N3OS/c22-16(13-6-2-1-3-7-13)21-17-20-11-15-10-19-12-18(15,23-17)14-8-4-5-9-14/h1-3,6-7,14-15,19H,4-5,8-12H2,(H,20,21,22)/t15-,18-/m1/s1. The first-order chi connectivity index (χ1) is 11.3. The smallest absolute Gasteiger partial charge is 0.257 e. The Morgan fingerprint density at radius 3 is 2.78 bits per heavy atom. The number of rotatable bonds is 2. The van der Waals surface area contributed by atoms with Gasteiger partial charge in [-0.05, 0) is 30.9 Å². The van der Waals surface area contributed by atoms with Crippen molar-refractivity contribution in [3.8, 4) is 0 Å². The quantitative estimate of drug-likeness (QED) is 0.877. The van der Waals surface area contributed by atoms with Gasteiger partial charge in [0, 0.05) is 35.9 Å². The average Bonchev–Trinajstić information content (AvgIpc) is 3.25. The van der Waals surface area contributed by atoms with Gasteiger partial charge in [0.1, 0.15) is 0 Å². The van der Waals surface area contributed by atoms with Gasteiger partial charge < -0.3 is 10.6 Å². The normalized spacial score (nSPS) is 30.8. The molecule has 1 saturated carbocycles. The van der Waals surface area contributed by atoms with E-state index in [0.717, 1.165) is 30.7 Å². The monoisotopic (exact) mass is 329 g/mol. The van der Waals surface area contributed by atoms with E-state index in [0.29, 0.717) is 11.5 Å². The van der Waals surface area contributed by atoms with Crippen LogP contribution in [0, 0.1) is 11.8 Å². The molecule has 4 nitrogen and oxygen atoms in total. The van der Waals surface area contributed by atoms with E-state index in [2.05, 4.69) is 15.6 Å². The second-order valence-electron chi connectivity index (χ2n) is 6.83. The third-order valence-corrected chi connectivity index (χ3v) is 7.14. The van der Waals surface area contributed by atoms with Crippen LogP contribution in [-0.4, -0.2) is 35.5 Å². The molecule has 0 aromatic heterocycles. The molecule has 1 amide bonds. The van der Waals surface area contributed by atoms with Crippen LogP contribution in [0.15, 0.2) is 35.3 Å². The Bertz CT molecular complexity index is 612. The number of nitrogens with one attached hydrogen (secondary N) is 2. The molecule has 5 heteroatoms. The Balaban J connectivity index is 1.51. The number of nitrogens with zero attached hydrogens (tertiary/aromatic N) is 1. The van der Waals surface area contributed by atoms with Crippen LogP contribution < -0.4 is 10.6 Å². The maximum Gasteiger partial charge on any atom is 0.257 e. The summed E-state index contributed by atoms with van der Waals surface area (Å²) in [4.78, 5) is 17.1. The van der Waals surface area contributed by atoms with Crippen molar-refractivity contribution >= 4 is 22.8 Å². The molecule has 2 aliphatic heterocycles. The van der Waals surface area contributed by atoms with Gasteiger partial charge in [-0.1, -0.05) is 42.8 Å². The molecule has 2 fully saturated rings. The number of fused-ring (bicyclic) bond motifs is 1. The van der Waals surface area contributed by atoms with Crippen molar-refractivity contribution in [1.82, 2.24) is 10.6 Å². The number of hydrogen-bond donors (Lipinski definition) is 2. The summed E-state index contributed by atoms with van der Waals surface area (Å²) >= 11 is 1.83. The van der Waals surface area contributed by atoms with Crippen LogP contribution in [-0.2, 0) is 0 Å². The molecule has 1 saturated heterocycles. The maximum atomic E-state index is 12.4. The summed E-state index contributed by atoms with van der Waals surface area (Å²) in [7, 11) is 0. The number of benzene rings is 1. The Hall–Kier alpha value is -1.33. The Kier molecular flexibility index (Phi) is 4.16. The molecule has 122 valence electrons. The highest BCUT2D eigenvalue weighted by Crippen LogP contribution is 2.50. The van der Waals surface area contributed by atoms with Crippen molar-refractivity contribution in [2.45, 2.75) is 30.4 Å². The first-order valence-corrected chi connectivity index (χ1v) is 9.40. The van der Waals surface area contributed by atoms with Crippen LogP contribution in [0.5, 0.6) is 0 Å². The van der Waals surface area contributed by atoms with Crippen LogP contribution in [0.4, 0.5) is 0 Å². The number of aliphatic imine (C=N–C) groups is 1. The molecule has 0 unspecified atom stereocenters. The minimum absolute atomic E-state index is 0.0529. The summed E-state index contributed by atoms with van der Waals surface area (Å²) in [5.41, 5.74) is 0.692. The molecule has 0 bridgehead atoms. The second kappa shape index (κ2) is 6.29. The zero-order chi connectivity index (χ0) is 15.7. The fraction of sp³-hybridized carbons (Fsp3) is 0.556. The predicted molar refractivity (Wildman–Crippen MR) is 94.8 cm³/mol. The van der Waals surface area contributed by atoms with Crippen molar-refractivity contribution in [1.29, 1.82) is 0 Å². The summed E-state index contributed by atoms with van der Waals surface area (Å²) in [6.45, 7) is 2.95. The van der Waals surface area contributed by atoms with E-state index >= 15 is 0 Å². The molecule has 2 atom stereocenters. The molecular weight excluding hydrogens is 306 g/mol. The van der Waals surface area contributed by atoms with Crippen LogP contribution >= 0.6 is 11.8 Å². The van der Waals surface area contributed by atoms with E-state index in [1.54, 1.807) is 0 Å². The van der Waals surface area contributed by atoms with Gasteiger partial charge >= 0.3 is 0 Å². The van der Waals surface area contributed by atoms with E-state index in [-0.39, 0.29) is 10.7 Å². The summed E-state index contributed by atoms with van der Waals surface area (Å²) in [5.74, 6) is 1.31. The summed E-state index contributed by atoms with van der Waals surface area (Å²) < 4.78 is 0.234. The Labute approximate surface area is 141 Å².